The third kappa shape index (κ3) is 7.17. The number of thiophene rings is 1. The topological polar surface area (TPSA) is 143 Å². The molecule has 15 heteroatoms. The van der Waals surface area contributed by atoms with Crippen molar-refractivity contribution >= 4 is 27.5 Å². The van der Waals surface area contributed by atoms with E-state index >= 15 is 0 Å². The van der Waals surface area contributed by atoms with E-state index in [0.717, 1.165) is 35.4 Å². The number of nitrogens with zero attached hydrogens (tertiary/aromatic N) is 6. The van der Waals surface area contributed by atoms with Crippen molar-refractivity contribution in [3.05, 3.63) is 68.4 Å². The van der Waals surface area contributed by atoms with Gasteiger partial charge in [0.1, 0.15) is 33.5 Å². The van der Waals surface area contributed by atoms with E-state index < -0.39 is 35.2 Å². The lowest BCUT2D eigenvalue weighted by Gasteiger charge is -2.35. The van der Waals surface area contributed by atoms with E-state index in [2.05, 4.69) is 28.9 Å². The molecule has 47 heavy (non-hydrogen) atoms. The number of hydrogen-bond acceptors (Lipinski definition) is 10. The van der Waals surface area contributed by atoms with Crippen molar-refractivity contribution in [2.75, 3.05) is 40.0 Å². The number of halogens is 1. The summed E-state index contributed by atoms with van der Waals surface area (Å²) in [5.74, 6) is -1.54. The van der Waals surface area contributed by atoms with Crippen LogP contribution in [0.25, 0.3) is 15.2 Å². The Balaban J connectivity index is 1.49. The molecule has 13 nitrogen and oxygen atoms in total. The molecule has 5 rings (SSSR count). The van der Waals surface area contributed by atoms with Gasteiger partial charge in [-0.3, -0.25) is 14.3 Å². The van der Waals surface area contributed by atoms with Gasteiger partial charge in [0.15, 0.2) is 0 Å². The second-order valence-corrected chi connectivity index (χ2v) is 13.2. The van der Waals surface area contributed by atoms with Crippen LogP contribution in [0.1, 0.15) is 63.3 Å². The molecule has 3 aromatic heterocycles. The van der Waals surface area contributed by atoms with E-state index in [1.54, 1.807) is 6.92 Å². The normalized spacial score (nSPS) is 15.4. The van der Waals surface area contributed by atoms with Gasteiger partial charge < -0.3 is 19.3 Å². The van der Waals surface area contributed by atoms with Crippen molar-refractivity contribution in [1.29, 1.82) is 0 Å². The van der Waals surface area contributed by atoms with Gasteiger partial charge in [0.05, 0.1) is 44.6 Å². The summed E-state index contributed by atoms with van der Waals surface area (Å²) < 4.78 is 34.4. The van der Waals surface area contributed by atoms with Crippen molar-refractivity contribution in [2.45, 2.75) is 71.2 Å². The Kier molecular flexibility index (Phi) is 10.6. The van der Waals surface area contributed by atoms with Crippen LogP contribution in [0.15, 0.2) is 40.2 Å². The fourth-order valence-corrected chi connectivity index (χ4v) is 7.21. The molecule has 0 saturated carbocycles. The highest BCUT2D eigenvalue weighted by atomic mass is 32.1. The summed E-state index contributed by atoms with van der Waals surface area (Å²) in [7, 11) is 1.45. The number of aliphatic carboxylic acids is 1. The quantitative estimate of drug-likeness (QED) is 0.185. The van der Waals surface area contributed by atoms with Gasteiger partial charge in [-0.15, -0.1) is 4.80 Å². The number of benzene rings is 1. The van der Waals surface area contributed by atoms with Crippen LogP contribution in [0, 0.1) is 12.7 Å². The molecule has 1 saturated heterocycles. The Morgan fingerprint density at radius 3 is 2.49 bits per heavy atom. The molecule has 1 unspecified atom stereocenters. The number of rotatable bonds is 15. The maximum Gasteiger partial charge on any atom is 0.333 e. The molecule has 1 aromatic carbocycles. The van der Waals surface area contributed by atoms with Crippen LogP contribution in [0.3, 0.4) is 0 Å². The van der Waals surface area contributed by atoms with Crippen molar-refractivity contribution in [3.8, 4) is 10.8 Å². The summed E-state index contributed by atoms with van der Waals surface area (Å²) in [6.07, 6.45) is 5.28. The zero-order chi connectivity index (χ0) is 33.9. The zero-order valence-electron chi connectivity index (χ0n) is 27.3. The first-order valence-electron chi connectivity index (χ1n) is 15.6. The minimum atomic E-state index is -1.46. The molecule has 0 bridgehead atoms. The Morgan fingerprint density at radius 1 is 1.13 bits per heavy atom. The molecule has 1 fully saturated rings. The van der Waals surface area contributed by atoms with E-state index in [1.807, 2.05) is 0 Å². The maximum atomic E-state index is 14.6. The minimum Gasteiger partial charge on any atom is -0.496 e. The first kappa shape index (κ1) is 34.4. The summed E-state index contributed by atoms with van der Waals surface area (Å²) in [5, 5.41) is 18.8. The number of aryl methyl sites for hydroxylation is 1. The van der Waals surface area contributed by atoms with Crippen molar-refractivity contribution in [2.24, 2.45) is 0 Å². The SMILES string of the molecule is COc1ccc(F)cc1[C@H](Cn1c(=O)n(C(C)C(=O)O)c(=O)c2c(C)c(-n3nccn3)sc21)OCCOCCC(C)(C)N1CCCC1. The molecule has 1 aliphatic heterocycles. The van der Waals surface area contributed by atoms with E-state index in [9.17, 15) is 23.9 Å². The fraction of sp³-hybridized carbons (Fsp3) is 0.531. The summed E-state index contributed by atoms with van der Waals surface area (Å²) in [5.41, 5.74) is -0.746. The smallest absolute Gasteiger partial charge is 0.333 e. The van der Waals surface area contributed by atoms with Gasteiger partial charge in [-0.05, 0) is 78.2 Å². The lowest BCUT2D eigenvalue weighted by molar-refractivity contribution is -0.140. The van der Waals surface area contributed by atoms with E-state index in [1.165, 1.54) is 66.8 Å². The third-order valence-corrected chi connectivity index (χ3v) is 10.1. The zero-order valence-corrected chi connectivity index (χ0v) is 28.1. The number of hydrogen-bond donors (Lipinski definition) is 1. The van der Waals surface area contributed by atoms with Gasteiger partial charge in [0.25, 0.3) is 5.56 Å². The van der Waals surface area contributed by atoms with Crippen LogP contribution in [-0.2, 0) is 20.8 Å². The molecular weight excluding hydrogens is 631 g/mol. The van der Waals surface area contributed by atoms with Gasteiger partial charge in [-0.25, -0.2) is 18.5 Å². The highest BCUT2D eigenvalue weighted by Gasteiger charge is 2.30. The predicted octanol–water partition coefficient (Wildman–Crippen LogP) is 3.95. The Hall–Kier alpha value is -3.92. The van der Waals surface area contributed by atoms with Gasteiger partial charge in [0.2, 0.25) is 0 Å². The van der Waals surface area contributed by atoms with E-state index in [4.69, 9.17) is 14.2 Å². The minimum absolute atomic E-state index is 0.0148. The second-order valence-electron chi connectivity index (χ2n) is 12.2. The van der Waals surface area contributed by atoms with Gasteiger partial charge in [-0.2, -0.15) is 10.2 Å². The van der Waals surface area contributed by atoms with Crippen molar-refractivity contribution in [1.82, 2.24) is 29.0 Å². The van der Waals surface area contributed by atoms with Crippen LogP contribution in [0.5, 0.6) is 5.75 Å². The molecule has 2 atom stereocenters. The molecule has 4 aromatic rings. The number of carboxylic acids is 1. The van der Waals surface area contributed by atoms with Crippen LogP contribution in [0.4, 0.5) is 4.39 Å². The molecule has 1 N–H and O–H groups in total. The molecular formula is C32H41FN6O7S. The molecule has 0 spiro atoms. The number of carbonyl (C=O) groups is 1. The molecule has 0 amide bonds. The van der Waals surface area contributed by atoms with Gasteiger partial charge in [-0.1, -0.05) is 11.3 Å². The largest absolute Gasteiger partial charge is 0.496 e. The average molecular weight is 673 g/mol. The summed E-state index contributed by atoms with van der Waals surface area (Å²) in [6, 6.07) is 2.55. The third-order valence-electron chi connectivity index (χ3n) is 8.82. The lowest BCUT2D eigenvalue weighted by Crippen LogP contribution is -2.44. The molecule has 0 radical (unpaired) electrons. The number of methoxy groups -OCH3 is 1. The monoisotopic (exact) mass is 672 g/mol. The highest BCUT2D eigenvalue weighted by Crippen LogP contribution is 2.34. The number of carboxylic acid groups (broad SMARTS) is 1. The molecule has 1 aliphatic rings. The Labute approximate surface area is 275 Å². The van der Waals surface area contributed by atoms with Crippen LogP contribution in [0.2, 0.25) is 0 Å². The van der Waals surface area contributed by atoms with Gasteiger partial charge in [0, 0.05) is 23.3 Å². The first-order valence-corrected chi connectivity index (χ1v) is 16.4. The van der Waals surface area contributed by atoms with Crippen LogP contribution in [-0.4, -0.2) is 85.7 Å². The van der Waals surface area contributed by atoms with Crippen LogP contribution >= 0.6 is 11.3 Å². The van der Waals surface area contributed by atoms with E-state index in [-0.39, 0.29) is 35.5 Å². The number of likely N-dealkylation sites (tertiary alicyclic amines) is 1. The maximum absolute atomic E-state index is 14.6. The summed E-state index contributed by atoms with van der Waals surface area (Å²) in [6.45, 7) is 10.3. The first-order chi connectivity index (χ1) is 22.4. The summed E-state index contributed by atoms with van der Waals surface area (Å²) >= 11 is 1.11. The molecule has 254 valence electrons. The number of aromatic nitrogens is 5. The lowest BCUT2D eigenvalue weighted by atomic mass is 9.99. The number of ether oxygens (including phenoxy) is 3. The highest BCUT2D eigenvalue weighted by molar-refractivity contribution is 7.21. The van der Waals surface area contributed by atoms with Gasteiger partial charge >= 0.3 is 11.7 Å². The fourth-order valence-electron chi connectivity index (χ4n) is 5.99. The standard InChI is InChI=1S/C32H41FN6O7S/c1-20-26-27(40)38(21(2)30(41)42)31(43)37(29(26)47-28(20)39-34-11-12-35-39)19-25(23-18-22(33)8-9-24(23)44-5)46-17-16-45-15-10-32(3,4)36-13-6-7-14-36/h8-9,11-12,18,21,25H,6-7,10,13-17,19H2,1-5H3,(H,41,42)/t21?,25-/m0/s1. The average Bonchev–Trinajstić information content (AvgIpc) is 3.82. The molecule has 4 heterocycles. The Bertz CT molecular complexity index is 1830. The van der Waals surface area contributed by atoms with Crippen LogP contribution < -0.4 is 16.0 Å². The Morgan fingerprint density at radius 2 is 1.83 bits per heavy atom. The summed E-state index contributed by atoms with van der Waals surface area (Å²) in [4.78, 5) is 43.8. The van der Waals surface area contributed by atoms with Crippen molar-refractivity contribution < 1.29 is 28.5 Å². The second kappa shape index (κ2) is 14.5. The predicted molar refractivity (Wildman–Crippen MR) is 174 cm³/mol. The van der Waals surface area contributed by atoms with Crippen molar-refractivity contribution in [3.63, 3.8) is 0 Å². The van der Waals surface area contributed by atoms with E-state index in [0.29, 0.717) is 28.5 Å². The molecule has 0 aliphatic carbocycles. The number of fused-ring (bicyclic) bond motifs is 1.